The van der Waals surface area contributed by atoms with E-state index in [1.165, 1.54) is 6.42 Å². The molecule has 1 aliphatic carbocycles. The molecule has 0 aromatic heterocycles. The zero-order valence-electron chi connectivity index (χ0n) is 10.9. The first kappa shape index (κ1) is 13.0. The maximum absolute atomic E-state index is 6.07. The Labute approximate surface area is 109 Å². The van der Waals surface area contributed by atoms with E-state index in [0.717, 1.165) is 29.9 Å². The summed E-state index contributed by atoms with van der Waals surface area (Å²) in [5.74, 6) is 1.60. The van der Waals surface area contributed by atoms with Crippen molar-refractivity contribution in [1.29, 1.82) is 0 Å². The topological polar surface area (TPSA) is 44.5 Å². The van der Waals surface area contributed by atoms with Crippen LogP contribution in [0.2, 0.25) is 0 Å². The van der Waals surface area contributed by atoms with Crippen molar-refractivity contribution in [3.63, 3.8) is 0 Å². The monoisotopic (exact) mass is 247 g/mol. The van der Waals surface area contributed by atoms with E-state index in [1.54, 1.807) is 0 Å². The second-order valence-electron chi connectivity index (χ2n) is 4.40. The molecule has 0 saturated heterocycles. The molecule has 0 spiro atoms. The van der Waals surface area contributed by atoms with Crippen molar-refractivity contribution in [2.45, 2.75) is 38.8 Å². The number of rotatable bonds is 5. The number of benzene rings is 1. The van der Waals surface area contributed by atoms with E-state index in [-0.39, 0.29) is 6.10 Å². The molecule has 0 fully saturated rings. The van der Waals surface area contributed by atoms with Gasteiger partial charge in [-0.1, -0.05) is 18.2 Å². The molecule has 0 saturated carbocycles. The summed E-state index contributed by atoms with van der Waals surface area (Å²) >= 11 is 0. The molecule has 1 aromatic rings. The predicted octanol–water partition coefficient (Wildman–Crippen LogP) is 3.03. The molecule has 3 nitrogen and oxygen atoms in total. The highest BCUT2D eigenvalue weighted by molar-refractivity contribution is 5.47. The fraction of sp³-hybridized carbons (Fsp3) is 0.467. The van der Waals surface area contributed by atoms with Crippen LogP contribution >= 0.6 is 0 Å². The molecule has 1 aliphatic rings. The molecule has 0 aliphatic heterocycles. The minimum Gasteiger partial charge on any atom is -0.490 e. The van der Waals surface area contributed by atoms with Crippen LogP contribution in [-0.4, -0.2) is 12.7 Å². The third kappa shape index (κ3) is 3.05. The van der Waals surface area contributed by atoms with Crippen LogP contribution in [0.5, 0.6) is 11.5 Å². The summed E-state index contributed by atoms with van der Waals surface area (Å²) in [5, 5.41) is 0. The van der Waals surface area contributed by atoms with Crippen LogP contribution in [0.1, 0.15) is 31.7 Å². The third-order valence-corrected chi connectivity index (χ3v) is 3.06. The average molecular weight is 247 g/mol. The van der Waals surface area contributed by atoms with Crippen molar-refractivity contribution >= 4 is 0 Å². The number of para-hydroxylation sites is 1. The van der Waals surface area contributed by atoms with Crippen LogP contribution in [-0.2, 0) is 6.54 Å². The van der Waals surface area contributed by atoms with Crippen LogP contribution in [0.15, 0.2) is 30.4 Å². The summed E-state index contributed by atoms with van der Waals surface area (Å²) in [4.78, 5) is 0. The number of allylic oxidation sites excluding steroid dienone is 1. The molecule has 1 atom stereocenters. The van der Waals surface area contributed by atoms with Gasteiger partial charge in [-0.05, 0) is 38.3 Å². The fourth-order valence-corrected chi connectivity index (χ4v) is 2.16. The molecule has 1 unspecified atom stereocenters. The molecule has 0 heterocycles. The Morgan fingerprint density at radius 1 is 1.39 bits per heavy atom. The Hall–Kier alpha value is -1.48. The molecule has 98 valence electrons. The summed E-state index contributed by atoms with van der Waals surface area (Å²) in [6, 6.07) is 5.88. The zero-order valence-corrected chi connectivity index (χ0v) is 10.9. The van der Waals surface area contributed by atoms with Crippen molar-refractivity contribution < 1.29 is 9.47 Å². The molecule has 18 heavy (non-hydrogen) atoms. The second kappa shape index (κ2) is 6.45. The Balaban J connectivity index is 2.22. The Kier molecular flexibility index (Phi) is 4.65. The molecular weight excluding hydrogens is 226 g/mol. The third-order valence-electron chi connectivity index (χ3n) is 3.06. The quantitative estimate of drug-likeness (QED) is 0.813. The van der Waals surface area contributed by atoms with Crippen molar-refractivity contribution in [3.8, 4) is 11.5 Å². The van der Waals surface area contributed by atoms with E-state index in [9.17, 15) is 0 Å². The lowest BCUT2D eigenvalue weighted by molar-refractivity contribution is 0.212. The van der Waals surface area contributed by atoms with E-state index in [4.69, 9.17) is 15.2 Å². The second-order valence-corrected chi connectivity index (χ2v) is 4.40. The van der Waals surface area contributed by atoms with Gasteiger partial charge in [0.05, 0.1) is 6.61 Å². The molecule has 0 bridgehead atoms. The zero-order chi connectivity index (χ0) is 12.8. The minimum atomic E-state index is 0.144. The number of ether oxygens (including phenoxy) is 2. The standard InChI is InChI=1S/C15H21NO2/c1-2-17-14-10-6-7-12(11-16)15(14)18-13-8-4-3-5-9-13/h4,6-8,10,13H,2-3,5,9,11,16H2,1H3. The van der Waals surface area contributed by atoms with Gasteiger partial charge in [0.15, 0.2) is 11.5 Å². The maximum Gasteiger partial charge on any atom is 0.166 e. The molecule has 1 aromatic carbocycles. The Morgan fingerprint density at radius 3 is 2.94 bits per heavy atom. The lowest BCUT2D eigenvalue weighted by Crippen LogP contribution is -2.17. The molecule has 0 amide bonds. The van der Waals surface area contributed by atoms with Crippen molar-refractivity contribution in [3.05, 3.63) is 35.9 Å². The summed E-state index contributed by atoms with van der Waals surface area (Å²) in [6.45, 7) is 3.07. The molecular formula is C15H21NO2. The van der Waals surface area contributed by atoms with Crippen molar-refractivity contribution in [2.24, 2.45) is 5.73 Å². The van der Waals surface area contributed by atoms with Gasteiger partial charge in [0.25, 0.3) is 0 Å². The van der Waals surface area contributed by atoms with Crippen LogP contribution in [0.4, 0.5) is 0 Å². The predicted molar refractivity (Wildman–Crippen MR) is 72.9 cm³/mol. The first-order valence-corrected chi connectivity index (χ1v) is 6.63. The van der Waals surface area contributed by atoms with Crippen molar-refractivity contribution in [1.82, 2.24) is 0 Å². The van der Waals surface area contributed by atoms with Gasteiger partial charge in [-0.15, -0.1) is 0 Å². The minimum absolute atomic E-state index is 0.144. The van der Waals surface area contributed by atoms with E-state index in [2.05, 4.69) is 12.2 Å². The van der Waals surface area contributed by atoms with Gasteiger partial charge in [0.1, 0.15) is 6.10 Å². The number of hydrogen-bond acceptors (Lipinski definition) is 3. The van der Waals surface area contributed by atoms with Gasteiger partial charge in [-0.3, -0.25) is 0 Å². The fourth-order valence-electron chi connectivity index (χ4n) is 2.16. The highest BCUT2D eigenvalue weighted by Gasteiger charge is 2.16. The summed E-state index contributed by atoms with van der Waals surface area (Å²) in [5.41, 5.74) is 6.77. The van der Waals surface area contributed by atoms with Gasteiger partial charge in [0.2, 0.25) is 0 Å². The lowest BCUT2D eigenvalue weighted by atomic mass is 10.1. The highest BCUT2D eigenvalue weighted by atomic mass is 16.5. The normalized spacial score (nSPS) is 18.7. The molecule has 2 rings (SSSR count). The molecule has 2 N–H and O–H groups in total. The highest BCUT2D eigenvalue weighted by Crippen LogP contribution is 2.33. The van der Waals surface area contributed by atoms with E-state index < -0.39 is 0 Å². The Morgan fingerprint density at radius 2 is 2.28 bits per heavy atom. The number of hydrogen-bond donors (Lipinski definition) is 1. The van der Waals surface area contributed by atoms with E-state index >= 15 is 0 Å². The van der Waals surface area contributed by atoms with Crippen LogP contribution < -0.4 is 15.2 Å². The van der Waals surface area contributed by atoms with Gasteiger partial charge in [-0.2, -0.15) is 0 Å². The summed E-state index contributed by atoms with van der Waals surface area (Å²) in [7, 11) is 0. The van der Waals surface area contributed by atoms with Crippen LogP contribution in [0.3, 0.4) is 0 Å². The lowest BCUT2D eigenvalue weighted by Gasteiger charge is -2.22. The van der Waals surface area contributed by atoms with Crippen LogP contribution in [0.25, 0.3) is 0 Å². The van der Waals surface area contributed by atoms with Gasteiger partial charge >= 0.3 is 0 Å². The SMILES string of the molecule is CCOc1cccc(CN)c1OC1C=CCCC1. The number of nitrogens with two attached hydrogens (primary N) is 1. The van der Waals surface area contributed by atoms with Gasteiger partial charge < -0.3 is 15.2 Å². The van der Waals surface area contributed by atoms with E-state index in [1.807, 2.05) is 25.1 Å². The van der Waals surface area contributed by atoms with Crippen LogP contribution in [0, 0.1) is 0 Å². The first-order valence-electron chi connectivity index (χ1n) is 6.63. The van der Waals surface area contributed by atoms with E-state index in [0.29, 0.717) is 13.2 Å². The average Bonchev–Trinajstić information content (AvgIpc) is 2.42. The molecule has 3 heteroatoms. The van der Waals surface area contributed by atoms with Crippen molar-refractivity contribution in [2.75, 3.05) is 6.61 Å². The summed E-state index contributed by atoms with van der Waals surface area (Å²) in [6.07, 6.45) is 7.84. The summed E-state index contributed by atoms with van der Waals surface area (Å²) < 4.78 is 11.7. The molecule has 0 radical (unpaired) electrons. The Bertz CT molecular complexity index is 415. The van der Waals surface area contributed by atoms with Gasteiger partial charge in [-0.25, -0.2) is 0 Å². The largest absolute Gasteiger partial charge is 0.490 e. The first-order chi connectivity index (χ1) is 8.85. The van der Waals surface area contributed by atoms with Gasteiger partial charge in [0, 0.05) is 12.1 Å². The smallest absolute Gasteiger partial charge is 0.166 e. The maximum atomic E-state index is 6.07.